The van der Waals surface area contributed by atoms with Gasteiger partial charge < -0.3 is 23.9 Å². The van der Waals surface area contributed by atoms with E-state index in [-0.39, 0.29) is 0 Å². The number of thiazole rings is 1. The third-order valence-electron chi connectivity index (χ3n) is 6.14. The highest BCUT2D eigenvalue weighted by atomic mass is 32.1. The first-order chi connectivity index (χ1) is 17.9. The van der Waals surface area contributed by atoms with Crippen LogP contribution in [-0.4, -0.2) is 40.4 Å². The topological polar surface area (TPSA) is 82.8 Å². The summed E-state index contributed by atoms with van der Waals surface area (Å²) in [5.74, 6) is 1.52. The van der Waals surface area contributed by atoms with Gasteiger partial charge in [0.05, 0.1) is 24.7 Å². The molecule has 1 atom stereocenters. The monoisotopic (exact) mass is 522 g/mol. The highest BCUT2D eigenvalue weighted by molar-refractivity contribution is 7.15. The maximum Gasteiger partial charge on any atom is 0.326 e. The van der Waals surface area contributed by atoms with Gasteiger partial charge in [-0.3, -0.25) is 0 Å². The van der Waals surface area contributed by atoms with E-state index in [1.165, 1.54) is 5.56 Å². The molecular weight excluding hydrogens is 488 g/mol. The zero-order valence-electron chi connectivity index (χ0n) is 21.8. The Morgan fingerprint density at radius 1 is 1.08 bits per heavy atom. The molecule has 0 aliphatic heterocycles. The van der Waals surface area contributed by atoms with Gasteiger partial charge in [0, 0.05) is 29.1 Å². The molecule has 0 amide bonds. The van der Waals surface area contributed by atoms with Gasteiger partial charge in [-0.15, -0.1) is 11.3 Å². The van der Waals surface area contributed by atoms with Crippen molar-refractivity contribution in [1.82, 2.24) is 9.55 Å². The molecule has 4 rings (SSSR count). The molecular formula is C29H34N2O5S. The summed E-state index contributed by atoms with van der Waals surface area (Å²) in [6.45, 7) is 9.52. The predicted molar refractivity (Wildman–Crippen MR) is 147 cm³/mol. The minimum atomic E-state index is -0.858. The standard InChI is InChI=1S/C29H34N2O5S/c1-5-8-22-17-23(28-30-27(34-6-2)20(4)37-28)9-12-26(22)36-16-7-15-35-24-10-11-25-21(18-24)13-14-31(25)19(3)29(32)33/h9-14,17-19H,5-8,15-16H2,1-4H3,(H,32,33)/t19-/m0/s1. The minimum absolute atomic E-state index is 0.525. The maximum absolute atomic E-state index is 11.3. The number of carbonyl (C=O) groups is 1. The fraction of sp³-hybridized carbons (Fsp3) is 0.379. The van der Waals surface area contributed by atoms with Crippen molar-refractivity contribution in [3.63, 3.8) is 0 Å². The first-order valence-electron chi connectivity index (χ1n) is 12.7. The fourth-order valence-corrected chi connectivity index (χ4v) is 5.07. The molecule has 0 fully saturated rings. The molecule has 0 bridgehead atoms. The number of aryl methyl sites for hydroxylation is 2. The van der Waals surface area contributed by atoms with E-state index in [1.54, 1.807) is 29.0 Å². The molecule has 0 aliphatic carbocycles. The number of benzene rings is 2. The van der Waals surface area contributed by atoms with Crippen LogP contribution in [0.1, 0.15) is 50.1 Å². The Hall–Kier alpha value is -3.52. The van der Waals surface area contributed by atoms with Gasteiger partial charge in [0.15, 0.2) is 0 Å². The Bertz CT molecular complexity index is 1360. The van der Waals surface area contributed by atoms with Crippen LogP contribution in [0.4, 0.5) is 0 Å². The third kappa shape index (κ3) is 6.25. The van der Waals surface area contributed by atoms with Gasteiger partial charge in [-0.2, -0.15) is 0 Å². The van der Waals surface area contributed by atoms with Crippen molar-refractivity contribution in [2.75, 3.05) is 19.8 Å². The second kappa shape index (κ2) is 12.1. The van der Waals surface area contributed by atoms with Crippen molar-refractivity contribution in [3.05, 3.63) is 59.1 Å². The quantitative estimate of drug-likeness (QED) is 0.192. The third-order valence-corrected chi connectivity index (χ3v) is 7.14. The number of nitrogens with zero attached hydrogens (tertiary/aromatic N) is 2. The lowest BCUT2D eigenvalue weighted by molar-refractivity contribution is -0.140. The van der Waals surface area contributed by atoms with Crippen LogP contribution in [0.3, 0.4) is 0 Å². The van der Waals surface area contributed by atoms with E-state index in [0.29, 0.717) is 25.7 Å². The normalized spacial score (nSPS) is 12.0. The molecule has 0 aliphatic rings. The van der Waals surface area contributed by atoms with E-state index in [9.17, 15) is 9.90 Å². The lowest BCUT2D eigenvalue weighted by Gasteiger charge is -2.13. The molecule has 196 valence electrons. The Kier molecular flexibility index (Phi) is 8.71. The first kappa shape index (κ1) is 26.5. The largest absolute Gasteiger partial charge is 0.493 e. The van der Waals surface area contributed by atoms with Crippen LogP contribution in [0, 0.1) is 6.92 Å². The molecule has 0 saturated carbocycles. The summed E-state index contributed by atoms with van der Waals surface area (Å²) >= 11 is 1.65. The van der Waals surface area contributed by atoms with E-state index in [1.807, 2.05) is 44.2 Å². The van der Waals surface area contributed by atoms with E-state index in [4.69, 9.17) is 14.2 Å². The van der Waals surface area contributed by atoms with E-state index < -0.39 is 12.0 Å². The van der Waals surface area contributed by atoms with Crippen LogP contribution in [0.25, 0.3) is 21.5 Å². The van der Waals surface area contributed by atoms with Crippen molar-refractivity contribution in [2.45, 2.75) is 53.0 Å². The van der Waals surface area contributed by atoms with Crippen LogP contribution >= 0.6 is 11.3 Å². The smallest absolute Gasteiger partial charge is 0.326 e. The summed E-state index contributed by atoms with van der Waals surface area (Å²) in [6.07, 6.45) is 4.50. The van der Waals surface area contributed by atoms with Crippen LogP contribution in [0.15, 0.2) is 48.7 Å². The summed E-state index contributed by atoms with van der Waals surface area (Å²) in [6, 6.07) is 13.3. The summed E-state index contributed by atoms with van der Waals surface area (Å²) < 4.78 is 19.4. The number of fused-ring (bicyclic) bond motifs is 1. The Labute approximate surface area is 221 Å². The molecule has 2 heterocycles. The lowest BCUT2D eigenvalue weighted by Crippen LogP contribution is -2.14. The number of aromatic nitrogens is 2. The molecule has 0 unspecified atom stereocenters. The van der Waals surface area contributed by atoms with Gasteiger partial charge in [-0.1, -0.05) is 13.3 Å². The molecule has 37 heavy (non-hydrogen) atoms. The molecule has 2 aromatic carbocycles. The van der Waals surface area contributed by atoms with Crippen molar-refractivity contribution in [1.29, 1.82) is 0 Å². The van der Waals surface area contributed by atoms with Crippen LogP contribution in [-0.2, 0) is 11.2 Å². The lowest BCUT2D eigenvalue weighted by atomic mass is 10.1. The number of carboxylic acids is 1. The zero-order valence-corrected chi connectivity index (χ0v) is 22.6. The van der Waals surface area contributed by atoms with Crippen molar-refractivity contribution in [3.8, 4) is 28.0 Å². The number of ether oxygens (including phenoxy) is 3. The van der Waals surface area contributed by atoms with Crippen molar-refractivity contribution in [2.24, 2.45) is 0 Å². The van der Waals surface area contributed by atoms with Crippen LogP contribution < -0.4 is 14.2 Å². The van der Waals surface area contributed by atoms with Crippen LogP contribution in [0.2, 0.25) is 0 Å². The minimum Gasteiger partial charge on any atom is -0.493 e. The summed E-state index contributed by atoms with van der Waals surface area (Å²) in [5, 5.41) is 11.2. The Morgan fingerprint density at radius 3 is 2.65 bits per heavy atom. The number of hydrogen-bond acceptors (Lipinski definition) is 6. The number of carboxylic acid groups (broad SMARTS) is 1. The molecule has 4 aromatic rings. The van der Waals surface area contributed by atoms with Gasteiger partial charge in [0.2, 0.25) is 5.88 Å². The van der Waals surface area contributed by atoms with Gasteiger partial charge in [-0.05, 0) is 75.2 Å². The number of rotatable bonds is 13. The summed E-state index contributed by atoms with van der Waals surface area (Å²) in [5.41, 5.74) is 3.14. The summed E-state index contributed by atoms with van der Waals surface area (Å²) in [4.78, 5) is 17.1. The molecule has 8 heteroatoms. The van der Waals surface area contributed by atoms with Crippen LogP contribution in [0.5, 0.6) is 17.4 Å². The first-order valence-corrected chi connectivity index (χ1v) is 13.5. The average Bonchev–Trinajstić information content (AvgIpc) is 3.47. The molecule has 7 nitrogen and oxygen atoms in total. The highest BCUT2D eigenvalue weighted by Gasteiger charge is 2.15. The maximum atomic E-state index is 11.3. The van der Waals surface area contributed by atoms with E-state index in [2.05, 4.69) is 24.0 Å². The molecule has 0 saturated heterocycles. The van der Waals surface area contributed by atoms with Gasteiger partial charge in [-0.25, -0.2) is 9.78 Å². The average molecular weight is 523 g/mol. The van der Waals surface area contributed by atoms with Gasteiger partial charge >= 0.3 is 5.97 Å². The highest BCUT2D eigenvalue weighted by Crippen LogP contribution is 2.34. The molecule has 1 N–H and O–H groups in total. The Morgan fingerprint density at radius 2 is 1.89 bits per heavy atom. The number of aliphatic carboxylic acids is 1. The second-order valence-corrected chi connectivity index (χ2v) is 10.1. The molecule has 2 aromatic heterocycles. The van der Waals surface area contributed by atoms with E-state index >= 15 is 0 Å². The summed E-state index contributed by atoms with van der Waals surface area (Å²) in [7, 11) is 0. The van der Waals surface area contributed by atoms with Crippen molar-refractivity contribution >= 4 is 28.2 Å². The van der Waals surface area contributed by atoms with Crippen molar-refractivity contribution < 1.29 is 24.1 Å². The van der Waals surface area contributed by atoms with E-state index in [0.717, 1.165) is 57.1 Å². The molecule has 0 radical (unpaired) electrons. The van der Waals surface area contributed by atoms with Gasteiger partial charge in [0.1, 0.15) is 22.5 Å². The number of hydrogen-bond donors (Lipinski definition) is 1. The zero-order chi connectivity index (χ0) is 26.4. The molecule has 0 spiro atoms. The predicted octanol–water partition coefficient (Wildman–Crippen LogP) is 6.92. The Balaban J connectivity index is 1.33. The fourth-order valence-electron chi connectivity index (χ4n) is 4.21. The SMILES string of the molecule is CCCc1cc(-c2nc(OCC)c(C)s2)ccc1OCCCOc1ccc2c(ccn2[C@@H](C)C(=O)O)c1. The second-order valence-electron chi connectivity index (χ2n) is 8.89. The van der Waals surface area contributed by atoms with Gasteiger partial charge in [0.25, 0.3) is 0 Å².